The number of hydrogen-bond acceptors (Lipinski definition) is 2. The van der Waals surface area contributed by atoms with Crippen LogP contribution in [0.15, 0.2) is 42.5 Å². The molecule has 0 radical (unpaired) electrons. The summed E-state index contributed by atoms with van der Waals surface area (Å²) in [6, 6.07) is 10.4. The summed E-state index contributed by atoms with van der Waals surface area (Å²) in [5.41, 5.74) is 2.72. The summed E-state index contributed by atoms with van der Waals surface area (Å²) in [5, 5.41) is 0. The fourth-order valence-corrected chi connectivity index (χ4v) is 1.96. The molecule has 0 fully saturated rings. The number of carbonyl (C=O) groups excluding carboxylic acids is 1. The van der Waals surface area contributed by atoms with Crippen LogP contribution in [0.1, 0.15) is 15.9 Å². The smallest absolute Gasteiger partial charge is 0.428 e. The van der Waals surface area contributed by atoms with E-state index in [4.69, 9.17) is 0 Å². The molecule has 0 amide bonds. The topological polar surface area (TPSA) is 26.3 Å². The van der Waals surface area contributed by atoms with E-state index < -0.39 is 12.5 Å². The quantitative estimate of drug-likeness (QED) is 0.590. The van der Waals surface area contributed by atoms with Gasteiger partial charge in [-0.2, -0.15) is 17.6 Å². The minimum Gasteiger partial charge on any atom is -0.428 e. The predicted octanol–water partition coefficient (Wildman–Crippen LogP) is 4.71. The maximum absolute atomic E-state index is 12.8. The zero-order valence-corrected chi connectivity index (χ0v) is 11.5. The number of alkyl halides is 4. The third kappa shape index (κ3) is 3.63. The number of ether oxygens (including phenoxy) is 1. The molecule has 0 heterocycles. The van der Waals surface area contributed by atoms with Crippen molar-refractivity contribution in [3.8, 4) is 16.9 Å². The van der Waals surface area contributed by atoms with E-state index in [0.717, 1.165) is 5.56 Å². The maximum Gasteiger partial charge on any atom is 0.461 e. The van der Waals surface area contributed by atoms with Gasteiger partial charge in [0.05, 0.1) is 0 Å². The summed E-state index contributed by atoms with van der Waals surface area (Å²) in [5.74, 6) is -0.364. The van der Waals surface area contributed by atoms with Gasteiger partial charge in [-0.25, -0.2) is 0 Å². The molecule has 0 spiro atoms. The number of benzene rings is 2. The van der Waals surface area contributed by atoms with Crippen molar-refractivity contribution in [1.82, 2.24) is 0 Å². The third-order valence-electron chi connectivity index (χ3n) is 2.93. The molecule has 0 bridgehead atoms. The first kappa shape index (κ1) is 16.0. The maximum atomic E-state index is 12.8. The Kier molecular flexibility index (Phi) is 4.49. The van der Waals surface area contributed by atoms with Crippen LogP contribution in [0, 0.1) is 6.92 Å². The van der Waals surface area contributed by atoms with E-state index >= 15 is 0 Å². The van der Waals surface area contributed by atoms with Crippen molar-refractivity contribution in [2.24, 2.45) is 0 Å². The van der Waals surface area contributed by atoms with Crippen molar-refractivity contribution in [1.29, 1.82) is 0 Å². The molecule has 2 rings (SSSR count). The number of aldehydes is 1. The molecule has 0 saturated carbocycles. The van der Waals surface area contributed by atoms with Gasteiger partial charge in [-0.15, -0.1) is 0 Å². The van der Waals surface area contributed by atoms with E-state index in [-0.39, 0.29) is 5.75 Å². The Hall–Kier alpha value is -2.37. The largest absolute Gasteiger partial charge is 0.461 e. The molecule has 0 unspecified atom stereocenters. The third-order valence-corrected chi connectivity index (χ3v) is 2.93. The summed E-state index contributed by atoms with van der Waals surface area (Å²) >= 11 is 0. The van der Waals surface area contributed by atoms with Crippen LogP contribution in [-0.2, 0) is 0 Å². The van der Waals surface area contributed by atoms with Crippen molar-refractivity contribution in [2.45, 2.75) is 19.5 Å². The second-order valence-corrected chi connectivity index (χ2v) is 4.74. The Labute approximate surface area is 124 Å². The van der Waals surface area contributed by atoms with Crippen LogP contribution in [-0.4, -0.2) is 18.8 Å². The molecule has 2 aromatic carbocycles. The number of hydrogen-bond donors (Lipinski definition) is 0. The fraction of sp³-hybridized carbons (Fsp3) is 0.188. The van der Waals surface area contributed by atoms with Crippen LogP contribution in [0.4, 0.5) is 17.6 Å². The Bertz CT molecular complexity index is 666. The minimum atomic E-state index is -4.53. The van der Waals surface area contributed by atoms with Crippen molar-refractivity contribution < 1.29 is 27.1 Å². The minimum absolute atomic E-state index is 0.364. The summed E-state index contributed by atoms with van der Waals surface area (Å²) in [6.45, 7) is 1.82. The number of halogens is 4. The molecule has 0 aromatic heterocycles. The SMILES string of the molecule is Cc1cc(C=O)cc(-c2ccc(OC(F)(F)C(F)F)cc2)c1. The highest BCUT2D eigenvalue weighted by atomic mass is 19.3. The van der Waals surface area contributed by atoms with Gasteiger partial charge in [0.25, 0.3) is 0 Å². The molecule has 0 atom stereocenters. The highest BCUT2D eigenvalue weighted by Gasteiger charge is 2.43. The molecule has 0 aliphatic rings. The van der Waals surface area contributed by atoms with E-state index in [2.05, 4.69) is 4.74 Å². The lowest BCUT2D eigenvalue weighted by Crippen LogP contribution is -2.33. The van der Waals surface area contributed by atoms with E-state index in [1.807, 2.05) is 13.0 Å². The summed E-state index contributed by atoms with van der Waals surface area (Å²) < 4.78 is 53.7. The summed E-state index contributed by atoms with van der Waals surface area (Å²) in [7, 11) is 0. The van der Waals surface area contributed by atoms with Gasteiger partial charge in [0.15, 0.2) is 0 Å². The van der Waals surface area contributed by atoms with Crippen LogP contribution < -0.4 is 4.74 Å². The zero-order valence-electron chi connectivity index (χ0n) is 11.5. The first-order valence-electron chi connectivity index (χ1n) is 6.34. The van der Waals surface area contributed by atoms with E-state index in [0.29, 0.717) is 23.0 Å². The van der Waals surface area contributed by atoms with E-state index in [1.165, 1.54) is 24.3 Å². The van der Waals surface area contributed by atoms with Gasteiger partial charge < -0.3 is 4.74 Å². The van der Waals surface area contributed by atoms with Crippen molar-refractivity contribution in [2.75, 3.05) is 0 Å². The first-order chi connectivity index (χ1) is 10.3. The Morgan fingerprint density at radius 2 is 1.68 bits per heavy atom. The molecule has 0 aliphatic heterocycles. The Morgan fingerprint density at radius 3 is 2.23 bits per heavy atom. The standard InChI is InChI=1S/C16H12F4O2/c1-10-6-11(9-21)8-13(7-10)12-2-4-14(5-3-12)22-16(19,20)15(17)18/h2-9,15H,1H3. The lowest BCUT2D eigenvalue weighted by molar-refractivity contribution is -0.253. The van der Waals surface area contributed by atoms with Gasteiger partial charge in [-0.05, 0) is 47.9 Å². The molecule has 0 aliphatic carbocycles. The Morgan fingerprint density at radius 1 is 1.05 bits per heavy atom. The van der Waals surface area contributed by atoms with Crippen LogP contribution in [0.2, 0.25) is 0 Å². The van der Waals surface area contributed by atoms with E-state index in [9.17, 15) is 22.4 Å². The summed E-state index contributed by atoms with van der Waals surface area (Å²) in [4.78, 5) is 10.8. The predicted molar refractivity (Wildman–Crippen MR) is 73.6 cm³/mol. The monoisotopic (exact) mass is 312 g/mol. The molecule has 2 aromatic rings. The summed E-state index contributed by atoms with van der Waals surface area (Å²) in [6.07, 6.45) is -7.73. The van der Waals surface area contributed by atoms with Crippen LogP contribution >= 0.6 is 0 Å². The van der Waals surface area contributed by atoms with Crippen LogP contribution in [0.25, 0.3) is 11.1 Å². The van der Waals surface area contributed by atoms with Gasteiger partial charge in [-0.3, -0.25) is 4.79 Å². The lowest BCUT2D eigenvalue weighted by Gasteiger charge is -2.17. The molecule has 116 valence electrons. The fourth-order valence-electron chi connectivity index (χ4n) is 1.96. The molecular weight excluding hydrogens is 300 g/mol. The Balaban J connectivity index is 2.26. The van der Waals surface area contributed by atoms with Crippen LogP contribution in [0.5, 0.6) is 5.75 Å². The van der Waals surface area contributed by atoms with Gasteiger partial charge >= 0.3 is 12.5 Å². The van der Waals surface area contributed by atoms with Crippen molar-refractivity contribution >= 4 is 6.29 Å². The second kappa shape index (κ2) is 6.17. The van der Waals surface area contributed by atoms with E-state index in [1.54, 1.807) is 12.1 Å². The number of aryl methyl sites for hydroxylation is 1. The van der Waals surface area contributed by atoms with Gasteiger partial charge in [0.1, 0.15) is 12.0 Å². The molecule has 22 heavy (non-hydrogen) atoms. The number of carbonyl (C=O) groups is 1. The average molecular weight is 312 g/mol. The van der Waals surface area contributed by atoms with Crippen LogP contribution in [0.3, 0.4) is 0 Å². The zero-order chi connectivity index (χ0) is 16.3. The molecular formula is C16H12F4O2. The first-order valence-corrected chi connectivity index (χ1v) is 6.34. The van der Waals surface area contributed by atoms with Gasteiger partial charge in [0, 0.05) is 5.56 Å². The van der Waals surface area contributed by atoms with Gasteiger partial charge in [0.2, 0.25) is 0 Å². The molecule has 0 saturated heterocycles. The average Bonchev–Trinajstić information content (AvgIpc) is 2.46. The molecule has 6 heteroatoms. The normalized spacial score (nSPS) is 11.5. The highest BCUT2D eigenvalue weighted by Crippen LogP contribution is 2.29. The van der Waals surface area contributed by atoms with Gasteiger partial charge in [-0.1, -0.05) is 18.2 Å². The number of rotatable bonds is 5. The molecule has 2 nitrogen and oxygen atoms in total. The molecule has 0 N–H and O–H groups in total. The second-order valence-electron chi connectivity index (χ2n) is 4.74. The lowest BCUT2D eigenvalue weighted by atomic mass is 10.0. The van der Waals surface area contributed by atoms with Crippen molar-refractivity contribution in [3.63, 3.8) is 0 Å². The highest BCUT2D eigenvalue weighted by molar-refractivity contribution is 5.79. The van der Waals surface area contributed by atoms with Crippen molar-refractivity contribution in [3.05, 3.63) is 53.6 Å².